The number of benzene rings is 2. The number of fused-ring (bicyclic) bond motifs is 1. The topological polar surface area (TPSA) is 68.5 Å². The highest BCUT2D eigenvalue weighted by molar-refractivity contribution is 5.87. The molecule has 0 unspecified atom stereocenters. The van der Waals surface area contributed by atoms with Crippen LogP contribution in [0.25, 0.3) is 22.1 Å². The molecule has 33 heavy (non-hydrogen) atoms. The second-order valence-corrected chi connectivity index (χ2v) is 8.30. The third-order valence-electron chi connectivity index (χ3n) is 6.36. The van der Waals surface area contributed by atoms with Gasteiger partial charge in [0.25, 0.3) is 0 Å². The minimum atomic E-state index is -4.92. The van der Waals surface area contributed by atoms with Gasteiger partial charge in [0, 0.05) is 5.56 Å². The van der Waals surface area contributed by atoms with Gasteiger partial charge in [0.15, 0.2) is 5.58 Å². The molecule has 0 bridgehead atoms. The molecule has 6 nitrogen and oxygen atoms in total. The first kappa shape index (κ1) is 23.1. The smallest absolute Gasteiger partial charge is 0.450 e. The Hall–Kier alpha value is -3.04. The van der Waals surface area contributed by atoms with E-state index in [1.165, 1.54) is 42.3 Å². The number of aromatic hydroxyl groups is 1. The first-order valence-corrected chi connectivity index (χ1v) is 10.9. The van der Waals surface area contributed by atoms with Crippen molar-refractivity contribution in [1.29, 1.82) is 0 Å². The maximum absolute atomic E-state index is 14.1. The summed E-state index contributed by atoms with van der Waals surface area (Å²) < 4.78 is 53.0. The fourth-order valence-electron chi connectivity index (χ4n) is 4.51. The highest BCUT2D eigenvalue weighted by Gasteiger charge is 2.40. The van der Waals surface area contributed by atoms with E-state index in [1.807, 2.05) is 0 Å². The number of phenols is 1. The van der Waals surface area contributed by atoms with Crippen LogP contribution in [0.5, 0.6) is 11.5 Å². The summed E-state index contributed by atoms with van der Waals surface area (Å²) in [6.45, 7) is 6.91. The van der Waals surface area contributed by atoms with Crippen LogP contribution in [0.1, 0.15) is 18.2 Å². The van der Waals surface area contributed by atoms with Gasteiger partial charge in [-0.05, 0) is 25.1 Å². The highest BCUT2D eigenvalue weighted by Crippen LogP contribution is 2.41. The van der Waals surface area contributed by atoms with Crippen molar-refractivity contribution in [3.63, 3.8) is 0 Å². The van der Waals surface area contributed by atoms with Crippen molar-refractivity contribution in [3.8, 4) is 22.6 Å². The summed E-state index contributed by atoms with van der Waals surface area (Å²) >= 11 is 0. The van der Waals surface area contributed by atoms with Crippen LogP contribution in [0.3, 0.4) is 0 Å². The maximum Gasteiger partial charge on any atom is 0.450 e. The number of halogens is 3. The van der Waals surface area contributed by atoms with Gasteiger partial charge in [-0.3, -0.25) is 4.79 Å². The average molecular weight is 464 g/mol. The van der Waals surface area contributed by atoms with Crippen LogP contribution in [-0.2, 0) is 12.7 Å². The van der Waals surface area contributed by atoms with Crippen LogP contribution in [0, 0.1) is 0 Å². The van der Waals surface area contributed by atoms with E-state index in [-0.39, 0.29) is 40.1 Å². The van der Waals surface area contributed by atoms with Crippen molar-refractivity contribution < 1.29 is 37.2 Å². The van der Waals surface area contributed by atoms with Crippen LogP contribution < -0.4 is 20.0 Å². The van der Waals surface area contributed by atoms with E-state index in [9.17, 15) is 23.1 Å². The van der Waals surface area contributed by atoms with Gasteiger partial charge >= 0.3 is 6.18 Å². The van der Waals surface area contributed by atoms with Crippen LogP contribution in [0.15, 0.2) is 45.6 Å². The zero-order valence-electron chi connectivity index (χ0n) is 18.5. The molecule has 2 aromatic carbocycles. The summed E-state index contributed by atoms with van der Waals surface area (Å²) in [6.07, 6.45) is -4.92. The molecule has 0 atom stereocenters. The Labute approximate surface area is 188 Å². The van der Waals surface area contributed by atoms with E-state index < -0.39 is 22.9 Å². The molecule has 4 rings (SSSR count). The molecule has 1 aliphatic heterocycles. The zero-order valence-corrected chi connectivity index (χ0v) is 18.5. The number of nitrogens with one attached hydrogen (secondary N) is 2. The number of para-hydroxylation sites is 1. The lowest BCUT2D eigenvalue weighted by molar-refractivity contribution is -1.02. The van der Waals surface area contributed by atoms with Crippen molar-refractivity contribution >= 4 is 11.0 Å². The minimum Gasteiger partial charge on any atom is -0.507 e. The number of phenolic OH excluding ortho intramolecular Hbond substituents is 1. The standard InChI is InChI=1S/C24H25F3N2O4/c1-3-28-10-12-29(13-11-28)14-17-18(30)9-8-16-21(31)20(15-6-4-5-7-19(15)32-2)23(24(25,26)27)33-22(16)17/h4-9,30H,3,10-14H2,1-2H3/p+2. The maximum atomic E-state index is 14.1. The first-order chi connectivity index (χ1) is 15.7. The molecule has 1 aliphatic rings. The molecular formula is C24H27F3N2O4+2. The summed E-state index contributed by atoms with van der Waals surface area (Å²) in [5, 5.41) is 10.5. The number of piperazine rings is 1. The van der Waals surface area contributed by atoms with Crippen molar-refractivity contribution in [1.82, 2.24) is 0 Å². The average Bonchev–Trinajstić information content (AvgIpc) is 2.80. The van der Waals surface area contributed by atoms with Crippen molar-refractivity contribution in [2.75, 3.05) is 39.8 Å². The first-order valence-electron chi connectivity index (χ1n) is 10.9. The van der Waals surface area contributed by atoms with Gasteiger partial charge in [-0.25, -0.2) is 0 Å². The molecule has 0 saturated carbocycles. The molecule has 0 spiro atoms. The van der Waals surface area contributed by atoms with Gasteiger partial charge in [-0.15, -0.1) is 0 Å². The Morgan fingerprint density at radius 2 is 1.73 bits per heavy atom. The Bertz CT molecular complexity index is 1210. The van der Waals surface area contributed by atoms with Crippen LogP contribution >= 0.6 is 0 Å². The summed E-state index contributed by atoms with van der Waals surface area (Å²) in [4.78, 5) is 16.0. The van der Waals surface area contributed by atoms with Crippen molar-refractivity contribution in [3.05, 3.63) is 57.9 Å². The molecule has 1 aromatic heterocycles. The lowest BCUT2D eigenvalue weighted by Gasteiger charge is -2.29. The lowest BCUT2D eigenvalue weighted by atomic mass is 9.99. The molecule has 1 saturated heterocycles. The molecule has 0 amide bonds. The summed E-state index contributed by atoms with van der Waals surface area (Å²) in [5.74, 6) is -1.44. The number of quaternary nitrogens is 2. The quantitative estimate of drug-likeness (QED) is 0.536. The fraction of sp³-hybridized carbons (Fsp3) is 0.375. The van der Waals surface area contributed by atoms with Gasteiger partial charge in [0.1, 0.15) is 44.2 Å². The number of rotatable bonds is 5. The second kappa shape index (κ2) is 9.07. The van der Waals surface area contributed by atoms with Gasteiger partial charge in [0.2, 0.25) is 11.2 Å². The van der Waals surface area contributed by atoms with Gasteiger partial charge in [-0.1, -0.05) is 18.2 Å². The van der Waals surface area contributed by atoms with E-state index in [2.05, 4.69) is 6.92 Å². The van der Waals surface area contributed by atoms with Gasteiger partial charge in [0.05, 0.1) is 30.2 Å². The predicted octanol–water partition coefficient (Wildman–Crippen LogP) is 1.50. The monoisotopic (exact) mass is 464 g/mol. The van der Waals surface area contributed by atoms with Gasteiger partial charge in [-0.2, -0.15) is 13.2 Å². The van der Waals surface area contributed by atoms with Crippen LogP contribution in [0.4, 0.5) is 13.2 Å². The van der Waals surface area contributed by atoms with E-state index >= 15 is 0 Å². The Kier molecular flexibility index (Phi) is 6.36. The number of methoxy groups -OCH3 is 1. The molecular weight excluding hydrogens is 437 g/mol. The van der Waals surface area contributed by atoms with Crippen molar-refractivity contribution in [2.24, 2.45) is 0 Å². The summed E-state index contributed by atoms with van der Waals surface area (Å²) in [6, 6.07) is 8.69. The van der Waals surface area contributed by atoms with E-state index in [4.69, 9.17) is 9.15 Å². The molecule has 0 radical (unpaired) electrons. The minimum absolute atomic E-state index is 0.00175. The van der Waals surface area contributed by atoms with Crippen molar-refractivity contribution in [2.45, 2.75) is 19.6 Å². The molecule has 0 aliphatic carbocycles. The summed E-state index contributed by atoms with van der Waals surface area (Å²) in [7, 11) is 1.33. The third-order valence-corrected chi connectivity index (χ3v) is 6.36. The lowest BCUT2D eigenvalue weighted by Crippen LogP contribution is -3.27. The SMILES string of the molecule is CC[NH+]1CC[NH+](Cc2c(O)ccc3c(=O)c(-c4ccccc4OC)c(C(F)(F)F)oc23)CC1. The largest absolute Gasteiger partial charge is 0.507 e. The Balaban J connectivity index is 1.90. The Morgan fingerprint density at radius 3 is 2.36 bits per heavy atom. The molecule has 1 fully saturated rings. The van der Waals surface area contributed by atoms with Crippen LogP contribution in [0.2, 0.25) is 0 Å². The molecule has 3 N–H and O–H groups in total. The second-order valence-electron chi connectivity index (χ2n) is 8.30. The van der Waals surface area contributed by atoms with Gasteiger partial charge < -0.3 is 24.1 Å². The number of alkyl halides is 3. The molecule has 176 valence electrons. The molecule has 3 aromatic rings. The number of hydrogen-bond acceptors (Lipinski definition) is 4. The number of ether oxygens (including phenoxy) is 1. The number of hydrogen-bond donors (Lipinski definition) is 3. The zero-order chi connectivity index (χ0) is 23.8. The fourth-order valence-corrected chi connectivity index (χ4v) is 4.51. The molecule has 2 heterocycles. The predicted molar refractivity (Wildman–Crippen MR) is 117 cm³/mol. The normalized spacial score (nSPS) is 19.1. The number of likely N-dealkylation sites (N-methyl/N-ethyl adjacent to an activating group) is 1. The van der Waals surface area contributed by atoms with E-state index in [0.29, 0.717) is 0 Å². The summed E-state index contributed by atoms with van der Waals surface area (Å²) in [5.41, 5.74) is -1.41. The van der Waals surface area contributed by atoms with Crippen LogP contribution in [-0.4, -0.2) is 44.9 Å². The van der Waals surface area contributed by atoms with E-state index in [1.54, 1.807) is 6.07 Å². The Morgan fingerprint density at radius 1 is 1.06 bits per heavy atom. The highest BCUT2D eigenvalue weighted by atomic mass is 19.4. The van der Waals surface area contributed by atoms with E-state index in [0.717, 1.165) is 37.6 Å². The third kappa shape index (κ3) is 4.43. The molecule has 9 heteroatoms.